The molecule has 3 rings (SSSR count). The zero-order valence-corrected chi connectivity index (χ0v) is 18.8. The molecule has 168 valence electrons. The predicted octanol–water partition coefficient (Wildman–Crippen LogP) is 3.12. The maximum Gasteiger partial charge on any atom is 0.229 e. The molecule has 2 unspecified atom stereocenters. The van der Waals surface area contributed by atoms with Crippen LogP contribution in [0, 0.1) is 5.82 Å². The van der Waals surface area contributed by atoms with Crippen LogP contribution in [0.3, 0.4) is 0 Å². The number of sulfonamides is 1. The van der Waals surface area contributed by atoms with Gasteiger partial charge in [0.1, 0.15) is 11.9 Å². The molecule has 31 heavy (non-hydrogen) atoms. The van der Waals surface area contributed by atoms with Gasteiger partial charge in [-0.2, -0.15) is 0 Å². The molecule has 1 saturated heterocycles. The van der Waals surface area contributed by atoms with E-state index in [9.17, 15) is 12.8 Å². The highest BCUT2D eigenvalue weighted by Crippen LogP contribution is 2.26. The van der Waals surface area contributed by atoms with Gasteiger partial charge in [0.25, 0.3) is 0 Å². The van der Waals surface area contributed by atoms with Crippen molar-refractivity contribution in [3.05, 3.63) is 65.5 Å². The Kier molecular flexibility index (Phi) is 7.50. The molecular formula is C22H29FN4O3S. The second kappa shape index (κ2) is 10.1. The number of nitrogens with one attached hydrogen (secondary N) is 2. The fourth-order valence-corrected chi connectivity index (χ4v) is 4.13. The zero-order chi connectivity index (χ0) is 22.4. The van der Waals surface area contributed by atoms with E-state index in [4.69, 9.17) is 9.73 Å². The van der Waals surface area contributed by atoms with Gasteiger partial charge in [0.15, 0.2) is 5.96 Å². The molecule has 1 aliphatic rings. The highest BCUT2D eigenvalue weighted by Gasteiger charge is 2.28. The van der Waals surface area contributed by atoms with E-state index in [0.29, 0.717) is 31.9 Å². The molecule has 0 radical (unpaired) electrons. The van der Waals surface area contributed by atoms with Gasteiger partial charge in [-0.05, 0) is 43.2 Å². The minimum Gasteiger partial charge on any atom is -0.367 e. The number of benzene rings is 2. The van der Waals surface area contributed by atoms with Crippen LogP contribution in [0.15, 0.2) is 53.5 Å². The molecule has 0 aromatic heterocycles. The molecule has 0 amide bonds. The first-order valence-electron chi connectivity index (χ1n) is 10.2. The Bertz CT molecular complexity index is 1010. The van der Waals surface area contributed by atoms with Crippen LogP contribution in [0.2, 0.25) is 0 Å². The van der Waals surface area contributed by atoms with Gasteiger partial charge in [0.05, 0.1) is 31.1 Å². The zero-order valence-electron chi connectivity index (χ0n) is 18.0. The molecule has 0 aliphatic carbocycles. The average Bonchev–Trinajstić information content (AvgIpc) is 2.71. The molecule has 2 N–H and O–H groups in total. The summed E-state index contributed by atoms with van der Waals surface area (Å²) in [6, 6.07) is 13.6. The van der Waals surface area contributed by atoms with E-state index in [1.807, 2.05) is 26.0 Å². The molecular weight excluding hydrogens is 419 g/mol. The molecule has 0 bridgehead atoms. The summed E-state index contributed by atoms with van der Waals surface area (Å²) < 4.78 is 45.3. The molecule has 7 nitrogen and oxygen atoms in total. The summed E-state index contributed by atoms with van der Waals surface area (Å²) in [6.07, 6.45) is 0.890. The van der Waals surface area contributed by atoms with Gasteiger partial charge in [-0.1, -0.05) is 30.3 Å². The molecule has 1 heterocycles. The van der Waals surface area contributed by atoms with E-state index in [1.165, 1.54) is 12.1 Å². The van der Waals surface area contributed by atoms with Crippen molar-refractivity contribution in [1.82, 2.24) is 10.2 Å². The third-order valence-corrected chi connectivity index (χ3v) is 5.44. The lowest BCUT2D eigenvalue weighted by molar-refractivity contribution is -0.0605. The van der Waals surface area contributed by atoms with Crippen LogP contribution in [0.5, 0.6) is 0 Å². The van der Waals surface area contributed by atoms with Crippen LogP contribution >= 0.6 is 0 Å². The highest BCUT2D eigenvalue weighted by molar-refractivity contribution is 7.92. The topological polar surface area (TPSA) is 83.0 Å². The normalized spacial score (nSPS) is 19.9. The monoisotopic (exact) mass is 448 g/mol. The van der Waals surface area contributed by atoms with Crippen molar-refractivity contribution in [1.29, 1.82) is 0 Å². The fraction of sp³-hybridized carbons (Fsp3) is 0.409. The SMILES string of the molecule is CCNC(=NCc1ccccc1NS(C)(=O)=O)N1CC(C)OC(c2ccc(F)cc2)C1. The number of aliphatic imine (C=N–C) groups is 1. The summed E-state index contributed by atoms with van der Waals surface area (Å²) in [5, 5.41) is 3.31. The summed E-state index contributed by atoms with van der Waals surface area (Å²) in [7, 11) is -3.38. The van der Waals surface area contributed by atoms with Crippen molar-refractivity contribution in [2.75, 3.05) is 30.6 Å². The molecule has 1 fully saturated rings. The second-order valence-corrected chi connectivity index (χ2v) is 9.34. The van der Waals surface area contributed by atoms with Gasteiger partial charge in [-0.25, -0.2) is 17.8 Å². The highest BCUT2D eigenvalue weighted by atomic mass is 32.2. The minimum absolute atomic E-state index is 0.0353. The number of para-hydroxylation sites is 1. The van der Waals surface area contributed by atoms with Crippen LogP contribution < -0.4 is 10.0 Å². The predicted molar refractivity (Wildman–Crippen MR) is 121 cm³/mol. The number of guanidine groups is 1. The number of rotatable bonds is 6. The van der Waals surface area contributed by atoms with Crippen molar-refractivity contribution in [3.63, 3.8) is 0 Å². The Labute approximate surface area is 183 Å². The summed E-state index contributed by atoms with van der Waals surface area (Å²) in [5.41, 5.74) is 2.21. The summed E-state index contributed by atoms with van der Waals surface area (Å²) in [5.74, 6) is 0.444. The van der Waals surface area contributed by atoms with Gasteiger partial charge in [0, 0.05) is 13.1 Å². The van der Waals surface area contributed by atoms with Crippen LogP contribution in [0.25, 0.3) is 0 Å². The maximum absolute atomic E-state index is 13.3. The van der Waals surface area contributed by atoms with Gasteiger partial charge >= 0.3 is 0 Å². The number of nitrogens with zero attached hydrogens (tertiary/aromatic N) is 2. The standard InChI is InChI=1S/C22H29FN4O3S/c1-4-24-22(25-13-18-7-5-6-8-20(18)26-31(3,28)29)27-14-16(2)30-21(15-27)17-9-11-19(23)12-10-17/h5-12,16,21,26H,4,13-15H2,1-3H3,(H,24,25). The molecule has 2 aromatic carbocycles. The lowest BCUT2D eigenvalue weighted by atomic mass is 10.1. The molecule has 2 atom stereocenters. The Hall–Kier alpha value is -2.65. The fourth-order valence-electron chi connectivity index (χ4n) is 3.53. The lowest BCUT2D eigenvalue weighted by Gasteiger charge is -2.38. The third-order valence-electron chi connectivity index (χ3n) is 4.85. The Morgan fingerprint density at radius 3 is 2.58 bits per heavy atom. The van der Waals surface area contributed by atoms with Gasteiger partial charge in [-0.15, -0.1) is 0 Å². The maximum atomic E-state index is 13.3. The van der Waals surface area contributed by atoms with Crippen molar-refractivity contribution >= 4 is 21.7 Å². The smallest absolute Gasteiger partial charge is 0.229 e. The van der Waals surface area contributed by atoms with E-state index >= 15 is 0 Å². The quantitative estimate of drug-likeness (QED) is 0.524. The lowest BCUT2D eigenvalue weighted by Crippen LogP contribution is -2.50. The minimum atomic E-state index is -3.38. The summed E-state index contributed by atoms with van der Waals surface area (Å²) >= 11 is 0. The van der Waals surface area contributed by atoms with Crippen molar-refractivity contribution in [3.8, 4) is 0 Å². The van der Waals surface area contributed by atoms with Crippen molar-refractivity contribution < 1.29 is 17.5 Å². The van der Waals surface area contributed by atoms with Crippen molar-refractivity contribution in [2.24, 2.45) is 4.99 Å². The number of ether oxygens (including phenoxy) is 1. The summed E-state index contributed by atoms with van der Waals surface area (Å²) in [4.78, 5) is 6.88. The molecule has 2 aromatic rings. The largest absolute Gasteiger partial charge is 0.367 e. The van der Waals surface area contributed by atoms with E-state index in [0.717, 1.165) is 23.3 Å². The third kappa shape index (κ3) is 6.67. The first-order valence-corrected chi connectivity index (χ1v) is 12.1. The second-order valence-electron chi connectivity index (χ2n) is 7.59. The van der Waals surface area contributed by atoms with E-state index in [-0.39, 0.29) is 18.0 Å². The summed E-state index contributed by atoms with van der Waals surface area (Å²) in [6.45, 7) is 6.23. The molecule has 0 saturated carbocycles. The number of anilines is 1. The number of hydrogen-bond acceptors (Lipinski definition) is 4. The van der Waals surface area contributed by atoms with E-state index < -0.39 is 10.0 Å². The van der Waals surface area contributed by atoms with Gasteiger partial charge in [0.2, 0.25) is 10.0 Å². The van der Waals surface area contributed by atoms with Crippen LogP contribution in [0.4, 0.5) is 10.1 Å². The number of morpholine rings is 1. The van der Waals surface area contributed by atoms with Crippen LogP contribution in [0.1, 0.15) is 31.1 Å². The van der Waals surface area contributed by atoms with Crippen LogP contribution in [-0.4, -0.2) is 51.3 Å². The van der Waals surface area contributed by atoms with E-state index in [2.05, 4.69) is 14.9 Å². The molecule has 9 heteroatoms. The Morgan fingerprint density at radius 2 is 1.90 bits per heavy atom. The van der Waals surface area contributed by atoms with Crippen molar-refractivity contribution in [2.45, 2.75) is 32.6 Å². The van der Waals surface area contributed by atoms with Crippen LogP contribution in [-0.2, 0) is 21.3 Å². The first-order chi connectivity index (χ1) is 14.7. The average molecular weight is 449 g/mol. The number of halogens is 1. The Balaban J connectivity index is 1.81. The van der Waals surface area contributed by atoms with E-state index in [1.54, 1.807) is 24.3 Å². The molecule has 1 aliphatic heterocycles. The first kappa shape index (κ1) is 23.0. The molecule has 0 spiro atoms. The van der Waals surface area contributed by atoms with Gasteiger partial charge < -0.3 is 15.0 Å². The van der Waals surface area contributed by atoms with Gasteiger partial charge in [-0.3, -0.25) is 4.72 Å². The Morgan fingerprint density at radius 1 is 1.19 bits per heavy atom. The number of hydrogen-bond donors (Lipinski definition) is 2.